The first-order valence-electron chi connectivity index (χ1n) is 9.83. The molecule has 5 nitrogen and oxygen atoms in total. The lowest BCUT2D eigenvalue weighted by atomic mass is 10.1. The molecule has 3 aromatic rings. The number of hydrogen-bond acceptors (Lipinski definition) is 5. The van der Waals surface area contributed by atoms with E-state index in [9.17, 15) is 0 Å². The summed E-state index contributed by atoms with van der Waals surface area (Å²) in [5.74, 6) is 3.14. The lowest BCUT2D eigenvalue weighted by molar-refractivity contribution is 0.174. The molecule has 5 heteroatoms. The first-order chi connectivity index (χ1) is 14.3. The maximum Gasteiger partial charge on any atom is 0.231 e. The smallest absolute Gasteiger partial charge is 0.231 e. The topological polar surface area (TPSA) is 49.0 Å². The average Bonchev–Trinajstić information content (AvgIpc) is 3.22. The van der Waals surface area contributed by atoms with E-state index in [4.69, 9.17) is 18.9 Å². The van der Waals surface area contributed by atoms with E-state index in [1.807, 2.05) is 55.5 Å². The molecule has 0 atom stereocenters. The van der Waals surface area contributed by atoms with Gasteiger partial charge in [-0.15, -0.1) is 0 Å². The van der Waals surface area contributed by atoms with Crippen molar-refractivity contribution in [2.75, 3.05) is 13.4 Å². The lowest BCUT2D eigenvalue weighted by Crippen LogP contribution is -2.13. The van der Waals surface area contributed by atoms with Crippen LogP contribution >= 0.6 is 0 Å². The monoisotopic (exact) mass is 391 g/mol. The van der Waals surface area contributed by atoms with E-state index in [-0.39, 0.29) is 0 Å². The fourth-order valence-corrected chi connectivity index (χ4v) is 3.19. The minimum Gasteiger partial charge on any atom is -0.490 e. The molecule has 1 heterocycles. The molecule has 0 amide bonds. The van der Waals surface area contributed by atoms with Gasteiger partial charge in [-0.25, -0.2) is 0 Å². The second-order valence-corrected chi connectivity index (χ2v) is 6.78. The SMILES string of the molecule is CCOc1cc(CNCc2ccc3c(c2)OCO3)ccc1OCc1ccccc1. The van der Waals surface area contributed by atoms with Crippen LogP contribution < -0.4 is 24.3 Å². The Morgan fingerprint density at radius 1 is 0.759 bits per heavy atom. The highest BCUT2D eigenvalue weighted by molar-refractivity contribution is 5.45. The van der Waals surface area contributed by atoms with Crippen molar-refractivity contribution in [3.8, 4) is 23.0 Å². The van der Waals surface area contributed by atoms with Crippen molar-refractivity contribution in [1.29, 1.82) is 0 Å². The molecule has 0 bridgehead atoms. The standard InChI is InChI=1S/C24H25NO4/c1-2-26-23-12-19(8-10-21(23)27-16-18-6-4-3-5-7-18)14-25-15-20-9-11-22-24(13-20)29-17-28-22/h3-13,25H,2,14-17H2,1H3. The minimum absolute atomic E-state index is 0.297. The fourth-order valence-electron chi connectivity index (χ4n) is 3.19. The molecule has 0 aromatic heterocycles. The Hall–Kier alpha value is -3.18. The zero-order valence-electron chi connectivity index (χ0n) is 16.5. The van der Waals surface area contributed by atoms with E-state index >= 15 is 0 Å². The summed E-state index contributed by atoms with van der Waals surface area (Å²) >= 11 is 0. The molecule has 4 rings (SSSR count). The molecular formula is C24H25NO4. The molecule has 150 valence electrons. The van der Waals surface area contributed by atoms with Crippen molar-refractivity contribution in [3.05, 3.63) is 83.4 Å². The van der Waals surface area contributed by atoms with Gasteiger partial charge in [0, 0.05) is 13.1 Å². The zero-order valence-corrected chi connectivity index (χ0v) is 16.5. The zero-order chi connectivity index (χ0) is 19.9. The van der Waals surface area contributed by atoms with Gasteiger partial charge in [0.25, 0.3) is 0 Å². The number of ether oxygens (including phenoxy) is 4. The normalized spacial score (nSPS) is 12.0. The first kappa shape index (κ1) is 19.2. The molecule has 1 N–H and O–H groups in total. The van der Waals surface area contributed by atoms with Crippen LogP contribution in [0.25, 0.3) is 0 Å². The van der Waals surface area contributed by atoms with E-state index in [1.165, 1.54) is 0 Å². The van der Waals surface area contributed by atoms with Crippen molar-refractivity contribution in [1.82, 2.24) is 5.32 Å². The Balaban J connectivity index is 1.35. The molecule has 0 saturated heterocycles. The van der Waals surface area contributed by atoms with Crippen molar-refractivity contribution in [2.45, 2.75) is 26.6 Å². The van der Waals surface area contributed by atoms with Crippen molar-refractivity contribution in [2.24, 2.45) is 0 Å². The van der Waals surface area contributed by atoms with Crippen LogP contribution in [0, 0.1) is 0 Å². The van der Waals surface area contributed by atoms with E-state index in [2.05, 4.69) is 23.5 Å². The van der Waals surface area contributed by atoms with Gasteiger partial charge in [-0.1, -0.05) is 42.5 Å². The average molecular weight is 391 g/mol. The summed E-state index contributed by atoms with van der Waals surface area (Å²) in [6, 6.07) is 22.2. The Bertz CT molecular complexity index is 943. The number of nitrogens with one attached hydrogen (secondary N) is 1. The van der Waals surface area contributed by atoms with E-state index in [0.717, 1.165) is 52.8 Å². The highest BCUT2D eigenvalue weighted by atomic mass is 16.7. The molecule has 0 unspecified atom stereocenters. The van der Waals surface area contributed by atoms with Crippen LogP contribution in [0.1, 0.15) is 23.6 Å². The highest BCUT2D eigenvalue weighted by Gasteiger charge is 2.13. The second kappa shape index (κ2) is 9.34. The largest absolute Gasteiger partial charge is 0.490 e. The predicted octanol–water partition coefficient (Wildman–Crippen LogP) is 4.68. The van der Waals surface area contributed by atoms with Crippen LogP contribution in [0.3, 0.4) is 0 Å². The van der Waals surface area contributed by atoms with Gasteiger partial charge in [0.15, 0.2) is 23.0 Å². The van der Waals surface area contributed by atoms with Gasteiger partial charge < -0.3 is 24.3 Å². The van der Waals surface area contributed by atoms with Crippen LogP contribution in [-0.2, 0) is 19.7 Å². The maximum absolute atomic E-state index is 5.98. The number of hydrogen-bond donors (Lipinski definition) is 1. The van der Waals surface area contributed by atoms with Crippen LogP contribution in [0.15, 0.2) is 66.7 Å². The number of fused-ring (bicyclic) bond motifs is 1. The summed E-state index contributed by atoms with van der Waals surface area (Å²) in [4.78, 5) is 0. The van der Waals surface area contributed by atoms with Gasteiger partial charge in [0.1, 0.15) is 6.61 Å². The predicted molar refractivity (Wildman–Crippen MR) is 111 cm³/mol. The Morgan fingerprint density at radius 2 is 1.52 bits per heavy atom. The van der Waals surface area contributed by atoms with Crippen LogP contribution in [0.2, 0.25) is 0 Å². The summed E-state index contributed by atoms with van der Waals surface area (Å²) in [5.41, 5.74) is 3.42. The van der Waals surface area contributed by atoms with Crippen molar-refractivity contribution < 1.29 is 18.9 Å². The first-order valence-corrected chi connectivity index (χ1v) is 9.83. The summed E-state index contributed by atoms with van der Waals surface area (Å²) < 4.78 is 22.6. The van der Waals surface area contributed by atoms with E-state index < -0.39 is 0 Å². The summed E-state index contributed by atoms with van der Waals surface area (Å²) in [7, 11) is 0. The number of benzene rings is 3. The molecular weight excluding hydrogens is 366 g/mol. The maximum atomic E-state index is 5.98. The summed E-state index contributed by atoms with van der Waals surface area (Å²) in [5, 5.41) is 3.46. The molecule has 0 saturated carbocycles. The Morgan fingerprint density at radius 3 is 2.34 bits per heavy atom. The van der Waals surface area contributed by atoms with Gasteiger partial charge in [-0.3, -0.25) is 0 Å². The molecule has 1 aliphatic heterocycles. The van der Waals surface area contributed by atoms with Crippen molar-refractivity contribution >= 4 is 0 Å². The van der Waals surface area contributed by atoms with Gasteiger partial charge in [-0.05, 0) is 47.9 Å². The van der Waals surface area contributed by atoms with E-state index in [1.54, 1.807) is 0 Å². The van der Waals surface area contributed by atoms with Crippen LogP contribution in [-0.4, -0.2) is 13.4 Å². The van der Waals surface area contributed by atoms with Crippen molar-refractivity contribution in [3.63, 3.8) is 0 Å². The molecule has 1 aliphatic rings. The molecule has 3 aromatic carbocycles. The third-order valence-corrected chi connectivity index (χ3v) is 4.64. The van der Waals surface area contributed by atoms with E-state index in [0.29, 0.717) is 20.0 Å². The van der Waals surface area contributed by atoms with Gasteiger partial charge in [0.2, 0.25) is 6.79 Å². The summed E-state index contributed by atoms with van der Waals surface area (Å²) in [6.45, 7) is 4.86. The fraction of sp³-hybridized carbons (Fsp3) is 0.250. The molecule has 0 spiro atoms. The van der Waals surface area contributed by atoms with Gasteiger partial charge >= 0.3 is 0 Å². The second-order valence-electron chi connectivity index (χ2n) is 6.78. The molecule has 0 radical (unpaired) electrons. The summed E-state index contributed by atoms with van der Waals surface area (Å²) in [6.07, 6.45) is 0. The Kier molecular flexibility index (Phi) is 6.17. The van der Waals surface area contributed by atoms with Crippen LogP contribution in [0.5, 0.6) is 23.0 Å². The molecule has 0 fully saturated rings. The minimum atomic E-state index is 0.297. The third kappa shape index (κ3) is 5.00. The van der Waals surface area contributed by atoms with Crippen LogP contribution in [0.4, 0.5) is 0 Å². The molecule has 0 aliphatic carbocycles. The number of rotatable bonds is 9. The third-order valence-electron chi connectivity index (χ3n) is 4.64. The van der Waals surface area contributed by atoms with Gasteiger partial charge in [-0.2, -0.15) is 0 Å². The highest BCUT2D eigenvalue weighted by Crippen LogP contribution is 2.32. The lowest BCUT2D eigenvalue weighted by Gasteiger charge is -2.14. The van der Waals surface area contributed by atoms with Gasteiger partial charge in [0.05, 0.1) is 6.61 Å². The quantitative estimate of drug-likeness (QED) is 0.574. The Labute approximate surface area is 171 Å². The molecule has 29 heavy (non-hydrogen) atoms.